The van der Waals surface area contributed by atoms with E-state index in [0.717, 1.165) is 43.6 Å². The van der Waals surface area contributed by atoms with Gasteiger partial charge < -0.3 is 25.4 Å². The standard InChI is InChI=1S/C29H30FN5O3/c1-37-13-12-35-10-7-22(8-11-35)38-26-5-3-18(15-21(26)17-31)24-16-25(28(32)34-27(24)30)19-2-4-23-20(14-19)6-9-33-29(23)36/h2-5,14-16,22H,6-13H2,1H3,(H2,32,34)(H,33,36). The summed E-state index contributed by atoms with van der Waals surface area (Å²) in [5, 5.41) is 12.7. The van der Waals surface area contributed by atoms with Gasteiger partial charge in [-0.3, -0.25) is 4.79 Å². The number of nitrogens with one attached hydrogen (secondary N) is 1. The number of ether oxygens (including phenoxy) is 2. The molecule has 38 heavy (non-hydrogen) atoms. The molecule has 0 spiro atoms. The lowest BCUT2D eigenvalue weighted by molar-refractivity contribution is 0.0796. The second-order valence-corrected chi connectivity index (χ2v) is 9.61. The number of halogens is 1. The van der Waals surface area contributed by atoms with Crippen LogP contribution in [0, 0.1) is 17.3 Å². The summed E-state index contributed by atoms with van der Waals surface area (Å²) in [7, 11) is 1.70. The smallest absolute Gasteiger partial charge is 0.251 e. The van der Waals surface area contributed by atoms with Gasteiger partial charge in [-0.25, -0.2) is 4.98 Å². The van der Waals surface area contributed by atoms with E-state index >= 15 is 4.39 Å². The van der Waals surface area contributed by atoms with Crippen molar-refractivity contribution in [1.82, 2.24) is 15.2 Å². The topological polar surface area (TPSA) is 114 Å². The number of rotatable bonds is 7. The van der Waals surface area contributed by atoms with Crippen LogP contribution in [-0.2, 0) is 11.2 Å². The Labute approximate surface area is 221 Å². The number of benzene rings is 2. The second kappa shape index (κ2) is 11.2. The lowest BCUT2D eigenvalue weighted by atomic mass is 9.94. The van der Waals surface area contributed by atoms with Gasteiger partial charge in [0.1, 0.15) is 23.7 Å². The van der Waals surface area contributed by atoms with E-state index < -0.39 is 5.95 Å². The van der Waals surface area contributed by atoms with Crippen molar-refractivity contribution >= 4 is 11.7 Å². The van der Waals surface area contributed by atoms with Gasteiger partial charge in [0.15, 0.2) is 0 Å². The Morgan fingerprint density at radius 2 is 1.89 bits per heavy atom. The van der Waals surface area contributed by atoms with Gasteiger partial charge in [-0.1, -0.05) is 18.2 Å². The van der Waals surface area contributed by atoms with Crippen molar-refractivity contribution in [1.29, 1.82) is 5.26 Å². The Kier molecular flexibility index (Phi) is 7.54. The largest absolute Gasteiger partial charge is 0.489 e. The van der Waals surface area contributed by atoms with E-state index in [2.05, 4.69) is 21.3 Å². The van der Waals surface area contributed by atoms with Crippen LogP contribution in [0.25, 0.3) is 22.3 Å². The molecule has 1 aromatic heterocycles. The van der Waals surface area contributed by atoms with Crippen molar-refractivity contribution in [2.75, 3.05) is 45.6 Å². The van der Waals surface area contributed by atoms with Gasteiger partial charge in [-0.05, 0) is 60.2 Å². The van der Waals surface area contributed by atoms with Crippen LogP contribution in [0.15, 0.2) is 42.5 Å². The number of nitriles is 1. The summed E-state index contributed by atoms with van der Waals surface area (Å²) in [4.78, 5) is 18.4. The Morgan fingerprint density at radius 3 is 2.66 bits per heavy atom. The van der Waals surface area contributed by atoms with Crippen LogP contribution in [0.1, 0.15) is 34.3 Å². The molecule has 0 radical (unpaired) electrons. The van der Waals surface area contributed by atoms with E-state index in [4.69, 9.17) is 15.2 Å². The molecule has 5 rings (SSSR count). The molecular weight excluding hydrogens is 485 g/mol. The van der Waals surface area contributed by atoms with Gasteiger partial charge in [0.05, 0.1) is 12.2 Å². The molecule has 0 bridgehead atoms. The quantitative estimate of drug-likeness (QED) is 0.461. The number of carbonyl (C=O) groups excluding carboxylic acids is 1. The van der Waals surface area contributed by atoms with Crippen LogP contribution in [0.4, 0.5) is 10.2 Å². The first-order valence-corrected chi connectivity index (χ1v) is 12.8. The zero-order chi connectivity index (χ0) is 26.6. The first-order valence-electron chi connectivity index (χ1n) is 12.8. The Bertz CT molecular complexity index is 1400. The zero-order valence-electron chi connectivity index (χ0n) is 21.3. The molecule has 2 aromatic carbocycles. The number of nitrogens with two attached hydrogens (primary N) is 1. The van der Waals surface area contributed by atoms with Gasteiger partial charge in [-0.2, -0.15) is 9.65 Å². The maximum absolute atomic E-state index is 15.0. The summed E-state index contributed by atoms with van der Waals surface area (Å²) >= 11 is 0. The van der Waals surface area contributed by atoms with Crippen LogP contribution in [0.3, 0.4) is 0 Å². The average molecular weight is 516 g/mol. The molecular formula is C29H30FN5O3. The van der Waals surface area contributed by atoms with Crippen molar-refractivity contribution in [3.8, 4) is 34.1 Å². The maximum atomic E-state index is 15.0. The number of aromatic nitrogens is 1. The van der Waals surface area contributed by atoms with Crippen LogP contribution in [0.2, 0.25) is 0 Å². The van der Waals surface area contributed by atoms with Crippen molar-refractivity contribution in [2.45, 2.75) is 25.4 Å². The molecule has 3 N–H and O–H groups in total. The molecule has 2 aliphatic heterocycles. The van der Waals surface area contributed by atoms with E-state index in [9.17, 15) is 10.1 Å². The fourth-order valence-corrected chi connectivity index (χ4v) is 5.07. The number of likely N-dealkylation sites (tertiary alicyclic amines) is 1. The molecule has 2 aliphatic rings. The van der Waals surface area contributed by atoms with E-state index in [-0.39, 0.29) is 23.4 Å². The number of nitrogen functional groups attached to an aromatic ring is 1. The molecule has 1 saturated heterocycles. The van der Waals surface area contributed by atoms with Gasteiger partial charge in [0, 0.05) is 50.0 Å². The van der Waals surface area contributed by atoms with Gasteiger partial charge in [0.25, 0.3) is 5.91 Å². The van der Waals surface area contributed by atoms with Gasteiger partial charge in [-0.15, -0.1) is 0 Å². The third-order valence-electron chi connectivity index (χ3n) is 7.20. The number of nitrogens with zero attached hydrogens (tertiary/aromatic N) is 3. The number of piperidine rings is 1. The van der Waals surface area contributed by atoms with Gasteiger partial charge >= 0.3 is 0 Å². The molecule has 9 heteroatoms. The molecule has 3 aromatic rings. The number of anilines is 1. The Balaban J connectivity index is 1.39. The molecule has 8 nitrogen and oxygen atoms in total. The molecule has 3 heterocycles. The monoisotopic (exact) mass is 515 g/mol. The normalized spacial score (nSPS) is 16.0. The molecule has 0 unspecified atom stereocenters. The van der Waals surface area contributed by atoms with E-state index in [1.807, 2.05) is 6.07 Å². The second-order valence-electron chi connectivity index (χ2n) is 9.61. The van der Waals surface area contributed by atoms with Crippen molar-refractivity contribution < 1.29 is 18.7 Å². The fraction of sp³-hybridized carbons (Fsp3) is 0.345. The highest BCUT2D eigenvalue weighted by atomic mass is 19.1. The first-order chi connectivity index (χ1) is 18.5. The number of hydrogen-bond donors (Lipinski definition) is 2. The summed E-state index contributed by atoms with van der Waals surface area (Å²) in [5.41, 5.74) is 10.0. The number of carbonyl (C=O) groups is 1. The van der Waals surface area contributed by atoms with Crippen LogP contribution >= 0.6 is 0 Å². The molecule has 0 atom stereocenters. The van der Waals surface area contributed by atoms with E-state index in [0.29, 0.717) is 47.6 Å². The maximum Gasteiger partial charge on any atom is 0.251 e. The molecule has 196 valence electrons. The van der Waals surface area contributed by atoms with Crippen molar-refractivity contribution in [2.24, 2.45) is 0 Å². The van der Waals surface area contributed by atoms with Crippen molar-refractivity contribution in [3.05, 3.63) is 65.1 Å². The average Bonchev–Trinajstić information content (AvgIpc) is 2.93. The van der Waals surface area contributed by atoms with E-state index in [1.54, 1.807) is 43.5 Å². The lowest BCUT2D eigenvalue weighted by Gasteiger charge is -2.32. The highest BCUT2D eigenvalue weighted by Crippen LogP contribution is 2.35. The number of hydrogen-bond acceptors (Lipinski definition) is 7. The predicted octanol–water partition coefficient (Wildman–Crippen LogP) is 3.78. The summed E-state index contributed by atoms with van der Waals surface area (Å²) in [6.07, 6.45) is 2.44. The number of fused-ring (bicyclic) bond motifs is 1. The van der Waals surface area contributed by atoms with Crippen LogP contribution in [-0.4, -0.2) is 61.8 Å². The molecule has 0 aliphatic carbocycles. The third kappa shape index (κ3) is 5.32. The summed E-state index contributed by atoms with van der Waals surface area (Å²) < 4.78 is 26.4. The number of amides is 1. The lowest BCUT2D eigenvalue weighted by Crippen LogP contribution is -2.39. The van der Waals surface area contributed by atoms with Crippen molar-refractivity contribution in [3.63, 3.8) is 0 Å². The predicted molar refractivity (Wildman–Crippen MR) is 142 cm³/mol. The van der Waals surface area contributed by atoms with Crippen LogP contribution < -0.4 is 15.8 Å². The Hall–Kier alpha value is -4.00. The summed E-state index contributed by atoms with van der Waals surface area (Å²) in [5.74, 6) is -0.274. The fourth-order valence-electron chi connectivity index (χ4n) is 5.07. The SMILES string of the molecule is COCCN1CCC(Oc2ccc(-c3cc(-c4ccc5c(c4)CCNC5=O)c(N)nc3F)cc2C#N)CC1. The summed E-state index contributed by atoms with van der Waals surface area (Å²) in [6, 6.07) is 14.4. The molecule has 0 saturated carbocycles. The highest BCUT2D eigenvalue weighted by Gasteiger charge is 2.23. The Morgan fingerprint density at radius 1 is 1.13 bits per heavy atom. The summed E-state index contributed by atoms with van der Waals surface area (Å²) in [6.45, 7) is 3.98. The van der Waals surface area contributed by atoms with Crippen LogP contribution in [0.5, 0.6) is 5.75 Å². The third-order valence-corrected chi connectivity index (χ3v) is 7.20. The number of methoxy groups -OCH3 is 1. The number of pyridine rings is 1. The zero-order valence-corrected chi connectivity index (χ0v) is 21.3. The minimum Gasteiger partial charge on any atom is -0.489 e. The van der Waals surface area contributed by atoms with Gasteiger partial charge in [0.2, 0.25) is 5.95 Å². The first kappa shape index (κ1) is 25.6. The highest BCUT2D eigenvalue weighted by molar-refractivity contribution is 5.97. The molecule has 1 fully saturated rings. The minimum absolute atomic E-state index is 0.0133. The molecule has 1 amide bonds. The van der Waals surface area contributed by atoms with E-state index in [1.165, 1.54) is 0 Å². The minimum atomic E-state index is -0.718.